The molecule has 0 radical (unpaired) electrons. The predicted molar refractivity (Wildman–Crippen MR) is 99.8 cm³/mol. The molecule has 1 aliphatic rings. The van der Waals surface area contributed by atoms with Crippen LogP contribution in [-0.4, -0.2) is 61.3 Å². The molecule has 1 amide bonds. The smallest absolute Gasteiger partial charge is 0.410 e. The molecule has 0 bridgehead atoms. The van der Waals surface area contributed by atoms with E-state index in [9.17, 15) is 4.79 Å². The summed E-state index contributed by atoms with van der Waals surface area (Å²) < 4.78 is 10.1. The second-order valence-corrected chi connectivity index (χ2v) is 7.30. The van der Waals surface area contributed by atoms with E-state index in [-0.39, 0.29) is 6.09 Å². The first-order valence-electron chi connectivity index (χ1n) is 8.00. The fraction of sp³-hybridized carbons (Fsp3) is 0.588. The first-order chi connectivity index (χ1) is 11.7. The lowest BCUT2D eigenvalue weighted by atomic mass is 10.2. The minimum atomic E-state index is -0.446. The Morgan fingerprint density at radius 2 is 1.80 bits per heavy atom. The summed E-state index contributed by atoms with van der Waals surface area (Å²) in [5, 5.41) is 0. The van der Waals surface area contributed by atoms with Crippen LogP contribution in [0.15, 0.2) is 16.7 Å². The Bertz CT molecular complexity index is 582. The normalized spacial score (nSPS) is 14.3. The number of ether oxygens (including phenoxy) is 2. The SMILES string of the molecule is COC=O.Cc1ccc(N2CCN(C(=O)OC(C)(C)C)CC2)c(Br)n1. The molecule has 1 saturated heterocycles. The molecule has 7 nitrogen and oxygen atoms in total. The van der Waals surface area contributed by atoms with Crippen molar-refractivity contribution in [3.8, 4) is 0 Å². The second kappa shape index (κ2) is 9.60. The summed E-state index contributed by atoms with van der Waals surface area (Å²) >= 11 is 3.51. The molecule has 0 atom stereocenters. The molecule has 0 aromatic carbocycles. The quantitative estimate of drug-likeness (QED) is 0.545. The fourth-order valence-electron chi connectivity index (χ4n) is 2.21. The topological polar surface area (TPSA) is 72.0 Å². The number of nitrogens with zero attached hydrogens (tertiary/aromatic N) is 3. The van der Waals surface area contributed by atoms with Gasteiger partial charge >= 0.3 is 6.09 Å². The van der Waals surface area contributed by atoms with Crippen molar-refractivity contribution in [1.29, 1.82) is 0 Å². The highest BCUT2D eigenvalue weighted by Gasteiger charge is 2.26. The van der Waals surface area contributed by atoms with Crippen LogP contribution in [0.4, 0.5) is 10.5 Å². The maximum atomic E-state index is 12.0. The first-order valence-corrected chi connectivity index (χ1v) is 8.79. The van der Waals surface area contributed by atoms with Crippen molar-refractivity contribution in [3.05, 3.63) is 22.4 Å². The van der Waals surface area contributed by atoms with Crippen molar-refractivity contribution < 1.29 is 19.1 Å². The average molecular weight is 416 g/mol. The van der Waals surface area contributed by atoms with Crippen molar-refractivity contribution in [2.45, 2.75) is 33.3 Å². The number of aryl methyl sites for hydroxylation is 1. The van der Waals surface area contributed by atoms with Crippen molar-refractivity contribution in [2.75, 3.05) is 38.2 Å². The molecule has 25 heavy (non-hydrogen) atoms. The molecule has 8 heteroatoms. The number of amides is 1. The van der Waals surface area contributed by atoms with Crippen LogP contribution in [0.2, 0.25) is 0 Å². The van der Waals surface area contributed by atoms with Crippen LogP contribution < -0.4 is 4.90 Å². The van der Waals surface area contributed by atoms with Gasteiger partial charge < -0.3 is 19.3 Å². The van der Waals surface area contributed by atoms with Gasteiger partial charge in [-0.3, -0.25) is 4.79 Å². The molecule has 2 rings (SSSR count). The van der Waals surface area contributed by atoms with Crippen molar-refractivity contribution in [3.63, 3.8) is 0 Å². The third kappa shape index (κ3) is 7.29. The van der Waals surface area contributed by atoms with Crippen molar-refractivity contribution in [2.24, 2.45) is 0 Å². The largest absolute Gasteiger partial charge is 0.471 e. The molecule has 2 heterocycles. The summed E-state index contributed by atoms with van der Waals surface area (Å²) in [6.07, 6.45) is -0.233. The van der Waals surface area contributed by atoms with Gasteiger partial charge in [-0.05, 0) is 55.8 Å². The van der Waals surface area contributed by atoms with E-state index in [0.717, 1.165) is 29.1 Å². The number of hydrogen-bond donors (Lipinski definition) is 0. The number of rotatable bonds is 2. The van der Waals surface area contributed by atoms with Crippen LogP contribution in [0, 0.1) is 6.92 Å². The lowest BCUT2D eigenvalue weighted by Crippen LogP contribution is -2.50. The van der Waals surface area contributed by atoms with Crippen LogP contribution in [0.5, 0.6) is 0 Å². The van der Waals surface area contributed by atoms with Crippen molar-refractivity contribution >= 4 is 34.2 Å². The number of hydrogen-bond acceptors (Lipinski definition) is 6. The number of anilines is 1. The molecule has 1 aromatic heterocycles. The summed E-state index contributed by atoms with van der Waals surface area (Å²) in [5.74, 6) is 0. The summed E-state index contributed by atoms with van der Waals surface area (Å²) in [6.45, 7) is 10.9. The zero-order valence-corrected chi connectivity index (χ0v) is 17.0. The number of methoxy groups -OCH3 is 1. The molecular formula is C17H26BrN3O4. The van der Waals surface area contributed by atoms with E-state index < -0.39 is 5.60 Å². The van der Waals surface area contributed by atoms with E-state index >= 15 is 0 Å². The van der Waals surface area contributed by atoms with E-state index in [0.29, 0.717) is 19.6 Å². The molecule has 1 fully saturated rings. The van der Waals surface area contributed by atoms with Crippen LogP contribution in [-0.2, 0) is 14.3 Å². The number of carbonyl (C=O) groups excluding carboxylic acids is 2. The Balaban J connectivity index is 0.000000705. The highest BCUT2D eigenvalue weighted by molar-refractivity contribution is 9.10. The van der Waals surface area contributed by atoms with Gasteiger partial charge in [-0.15, -0.1) is 0 Å². The Kier molecular flexibility index (Phi) is 8.15. The highest BCUT2D eigenvalue weighted by Crippen LogP contribution is 2.25. The van der Waals surface area contributed by atoms with Gasteiger partial charge in [-0.25, -0.2) is 9.78 Å². The molecule has 0 spiro atoms. The van der Waals surface area contributed by atoms with Gasteiger partial charge in [0.25, 0.3) is 6.47 Å². The minimum Gasteiger partial charge on any atom is -0.471 e. The third-order valence-corrected chi connectivity index (χ3v) is 3.92. The van der Waals surface area contributed by atoms with E-state index in [1.54, 1.807) is 4.90 Å². The monoisotopic (exact) mass is 415 g/mol. The van der Waals surface area contributed by atoms with Crippen molar-refractivity contribution in [1.82, 2.24) is 9.88 Å². The standard InChI is InChI=1S/C15H22BrN3O2.C2H4O2/c1-11-5-6-12(13(16)17-11)18-7-9-19(10-8-18)14(20)21-15(2,3)4;1-4-2-3/h5-6H,7-10H2,1-4H3;2H,1H3. The Hall–Kier alpha value is -1.83. The van der Waals surface area contributed by atoms with E-state index in [2.05, 4.69) is 36.6 Å². The average Bonchev–Trinajstić information content (AvgIpc) is 2.54. The minimum absolute atomic E-state index is 0.233. The van der Waals surface area contributed by atoms with Crippen LogP contribution in [0.25, 0.3) is 0 Å². The number of pyridine rings is 1. The van der Waals surface area contributed by atoms with Crippen LogP contribution >= 0.6 is 15.9 Å². The Labute approximate surface area is 157 Å². The van der Waals surface area contributed by atoms with Gasteiger partial charge in [0.05, 0.1) is 12.8 Å². The number of halogens is 1. The van der Waals surface area contributed by atoms with E-state index in [1.807, 2.05) is 33.8 Å². The lowest BCUT2D eigenvalue weighted by Gasteiger charge is -2.36. The van der Waals surface area contributed by atoms with Crippen LogP contribution in [0.3, 0.4) is 0 Å². The molecule has 1 aliphatic heterocycles. The van der Waals surface area contributed by atoms with Gasteiger partial charge in [0.15, 0.2) is 0 Å². The molecular weight excluding hydrogens is 390 g/mol. The number of carbonyl (C=O) groups is 2. The zero-order chi connectivity index (χ0) is 19.0. The second-order valence-electron chi connectivity index (χ2n) is 6.55. The predicted octanol–water partition coefficient (Wildman–Crippen LogP) is 3.00. The van der Waals surface area contributed by atoms with Gasteiger partial charge in [0, 0.05) is 31.9 Å². The summed E-state index contributed by atoms with van der Waals surface area (Å²) in [6, 6.07) is 4.07. The first kappa shape index (κ1) is 21.2. The number of aromatic nitrogens is 1. The lowest BCUT2D eigenvalue weighted by molar-refractivity contribution is -0.126. The zero-order valence-electron chi connectivity index (χ0n) is 15.4. The molecule has 0 unspecified atom stereocenters. The molecule has 0 N–H and O–H groups in total. The van der Waals surface area contributed by atoms with Crippen LogP contribution in [0.1, 0.15) is 26.5 Å². The molecule has 0 aliphatic carbocycles. The van der Waals surface area contributed by atoms with Gasteiger partial charge in [0.2, 0.25) is 0 Å². The van der Waals surface area contributed by atoms with Gasteiger partial charge in [-0.2, -0.15) is 0 Å². The summed E-state index contributed by atoms with van der Waals surface area (Å²) in [7, 11) is 1.31. The molecule has 140 valence electrons. The highest BCUT2D eigenvalue weighted by atomic mass is 79.9. The summed E-state index contributed by atoms with van der Waals surface area (Å²) in [5.41, 5.74) is 1.61. The number of piperazine rings is 1. The maximum Gasteiger partial charge on any atom is 0.410 e. The van der Waals surface area contributed by atoms with Gasteiger partial charge in [0.1, 0.15) is 10.2 Å². The van der Waals surface area contributed by atoms with E-state index in [4.69, 9.17) is 9.53 Å². The molecule has 1 aromatic rings. The fourth-order valence-corrected chi connectivity index (χ4v) is 2.87. The third-order valence-electron chi connectivity index (χ3n) is 3.34. The summed E-state index contributed by atoms with van der Waals surface area (Å²) in [4.78, 5) is 29.4. The Morgan fingerprint density at radius 1 is 1.24 bits per heavy atom. The maximum absolute atomic E-state index is 12.0. The van der Waals surface area contributed by atoms with Gasteiger partial charge in [-0.1, -0.05) is 0 Å². The Morgan fingerprint density at radius 3 is 2.24 bits per heavy atom. The molecule has 0 saturated carbocycles. The van der Waals surface area contributed by atoms with E-state index in [1.165, 1.54) is 7.11 Å².